The number of hydrogen-bond acceptors (Lipinski definition) is 3. The minimum atomic E-state index is -4.02. The zero-order valence-corrected chi connectivity index (χ0v) is 12.0. The molecule has 3 rings (SSSR count). The summed E-state index contributed by atoms with van der Waals surface area (Å²) in [5.41, 5.74) is 1.40. The monoisotopic (exact) mass is 323 g/mol. The maximum absolute atomic E-state index is 13.1. The van der Waals surface area contributed by atoms with Gasteiger partial charge in [0.15, 0.2) is 0 Å². The second-order valence-electron chi connectivity index (χ2n) is 4.63. The third-order valence-electron chi connectivity index (χ3n) is 3.11. The summed E-state index contributed by atoms with van der Waals surface area (Å²) in [5, 5.41) is 4.08. The largest absolute Gasteiger partial charge is 0.241 e. The number of benzene rings is 1. The van der Waals surface area contributed by atoms with Gasteiger partial charge >= 0.3 is 0 Å². The Hall–Kier alpha value is -2.32. The van der Waals surface area contributed by atoms with Crippen LogP contribution in [-0.2, 0) is 16.6 Å². The van der Waals surface area contributed by atoms with E-state index >= 15 is 0 Å². The maximum Gasteiger partial charge on any atom is 0.241 e. The van der Waals surface area contributed by atoms with Crippen LogP contribution in [-0.4, -0.2) is 18.0 Å². The van der Waals surface area contributed by atoms with Crippen LogP contribution in [0.4, 0.5) is 8.78 Å². The number of pyridine rings is 1. The molecule has 0 saturated heterocycles. The van der Waals surface area contributed by atoms with E-state index in [1.54, 1.807) is 28.9 Å². The maximum atomic E-state index is 13.1. The van der Waals surface area contributed by atoms with E-state index in [0.717, 1.165) is 17.6 Å². The topological polar surface area (TPSA) is 63.5 Å². The smallest absolute Gasteiger partial charge is 0.241 e. The molecule has 1 aromatic carbocycles. The number of aromatic nitrogens is 2. The van der Waals surface area contributed by atoms with Gasteiger partial charge in [-0.25, -0.2) is 26.4 Å². The molecule has 5 nitrogen and oxygen atoms in total. The predicted octanol–water partition coefficient (Wildman–Crippen LogP) is 2.09. The van der Waals surface area contributed by atoms with Crippen LogP contribution in [0.15, 0.2) is 53.7 Å². The van der Waals surface area contributed by atoms with E-state index in [1.165, 1.54) is 6.20 Å². The summed E-state index contributed by atoms with van der Waals surface area (Å²) < 4.78 is 54.4. The highest BCUT2D eigenvalue weighted by Gasteiger charge is 2.17. The molecule has 0 unspecified atom stereocenters. The van der Waals surface area contributed by atoms with Crippen LogP contribution in [0.3, 0.4) is 0 Å². The van der Waals surface area contributed by atoms with Crippen LogP contribution in [0, 0.1) is 11.6 Å². The van der Waals surface area contributed by atoms with Gasteiger partial charge in [0.1, 0.15) is 11.6 Å². The molecule has 0 aliphatic heterocycles. The summed E-state index contributed by atoms with van der Waals surface area (Å²) in [6.45, 7) is -0.0338. The molecule has 0 amide bonds. The lowest BCUT2D eigenvalue weighted by Gasteiger charge is -2.06. The summed E-state index contributed by atoms with van der Waals surface area (Å²) in [6.07, 6.45) is 3.26. The van der Waals surface area contributed by atoms with E-state index in [4.69, 9.17) is 0 Å². The van der Waals surface area contributed by atoms with Gasteiger partial charge in [-0.15, -0.1) is 0 Å². The van der Waals surface area contributed by atoms with Crippen molar-refractivity contribution in [1.29, 1.82) is 0 Å². The molecule has 8 heteroatoms. The Morgan fingerprint density at radius 1 is 1.14 bits per heavy atom. The zero-order valence-electron chi connectivity index (χ0n) is 11.2. The summed E-state index contributed by atoms with van der Waals surface area (Å²) in [4.78, 5) is -0.457. The summed E-state index contributed by atoms with van der Waals surface area (Å²) in [6, 6.07) is 7.53. The van der Waals surface area contributed by atoms with Gasteiger partial charge in [0.25, 0.3) is 0 Å². The van der Waals surface area contributed by atoms with E-state index < -0.39 is 26.6 Å². The van der Waals surface area contributed by atoms with E-state index in [2.05, 4.69) is 9.82 Å². The Labute approximate surface area is 125 Å². The molecule has 3 aromatic rings. The highest BCUT2D eigenvalue weighted by atomic mass is 32.2. The Morgan fingerprint density at radius 2 is 1.86 bits per heavy atom. The first-order valence-corrected chi connectivity index (χ1v) is 7.81. The number of sulfonamides is 1. The van der Waals surface area contributed by atoms with Crippen molar-refractivity contribution in [2.45, 2.75) is 11.4 Å². The molecule has 2 heterocycles. The summed E-state index contributed by atoms with van der Waals surface area (Å²) in [5.74, 6) is -1.90. The number of halogens is 2. The van der Waals surface area contributed by atoms with Gasteiger partial charge < -0.3 is 0 Å². The van der Waals surface area contributed by atoms with E-state index in [-0.39, 0.29) is 6.54 Å². The molecule has 0 aliphatic rings. The lowest BCUT2D eigenvalue weighted by atomic mass is 10.3. The van der Waals surface area contributed by atoms with Crippen LogP contribution >= 0.6 is 0 Å². The Balaban J connectivity index is 1.86. The molecular weight excluding hydrogens is 312 g/mol. The fourth-order valence-corrected chi connectivity index (χ4v) is 3.11. The number of nitrogens with one attached hydrogen (secondary N) is 1. The van der Waals surface area contributed by atoms with Crippen LogP contribution < -0.4 is 4.72 Å². The molecule has 0 bridgehead atoms. The van der Waals surface area contributed by atoms with Crippen molar-refractivity contribution in [2.75, 3.05) is 0 Å². The van der Waals surface area contributed by atoms with Crippen LogP contribution in [0.5, 0.6) is 0 Å². The molecule has 0 saturated carbocycles. The van der Waals surface area contributed by atoms with Crippen LogP contribution in [0.1, 0.15) is 5.56 Å². The number of fused-ring (bicyclic) bond motifs is 1. The number of hydrogen-bond donors (Lipinski definition) is 1. The average Bonchev–Trinajstić information content (AvgIpc) is 2.87. The summed E-state index contributed by atoms with van der Waals surface area (Å²) in [7, 11) is -4.02. The first-order valence-electron chi connectivity index (χ1n) is 6.33. The Bertz CT molecular complexity index is 918. The minimum Gasteiger partial charge on any atom is -0.241 e. The fourth-order valence-electron chi connectivity index (χ4n) is 2.06. The second-order valence-corrected chi connectivity index (χ2v) is 6.40. The average molecular weight is 323 g/mol. The van der Waals surface area contributed by atoms with Crippen molar-refractivity contribution in [3.05, 3.63) is 66.0 Å². The first-order chi connectivity index (χ1) is 10.5. The molecule has 2 aromatic heterocycles. The number of rotatable bonds is 4. The molecule has 114 valence electrons. The zero-order chi connectivity index (χ0) is 15.7. The van der Waals surface area contributed by atoms with E-state index in [1.807, 2.05) is 0 Å². The predicted molar refractivity (Wildman–Crippen MR) is 75.6 cm³/mol. The quantitative estimate of drug-likeness (QED) is 0.800. The van der Waals surface area contributed by atoms with Gasteiger partial charge in [-0.2, -0.15) is 5.10 Å². The van der Waals surface area contributed by atoms with E-state index in [9.17, 15) is 17.2 Å². The third-order valence-corrected chi connectivity index (χ3v) is 4.49. The molecule has 22 heavy (non-hydrogen) atoms. The normalized spacial score (nSPS) is 11.9. The van der Waals surface area contributed by atoms with Crippen molar-refractivity contribution in [3.63, 3.8) is 0 Å². The van der Waals surface area contributed by atoms with Gasteiger partial charge in [-0.3, -0.25) is 0 Å². The second kappa shape index (κ2) is 5.47. The van der Waals surface area contributed by atoms with E-state index in [0.29, 0.717) is 11.6 Å². The minimum absolute atomic E-state index is 0.0338. The Kier molecular flexibility index (Phi) is 3.63. The Morgan fingerprint density at radius 3 is 2.59 bits per heavy atom. The molecule has 1 N–H and O–H groups in total. The van der Waals surface area contributed by atoms with Crippen molar-refractivity contribution < 1.29 is 17.2 Å². The SMILES string of the molecule is O=S(=O)(NCc1cnn2ccccc12)c1cc(F)cc(F)c1. The number of nitrogens with zero attached hydrogens (tertiary/aromatic N) is 2. The van der Waals surface area contributed by atoms with Gasteiger partial charge in [0.05, 0.1) is 16.6 Å². The van der Waals surface area contributed by atoms with Crippen molar-refractivity contribution in [2.24, 2.45) is 0 Å². The van der Waals surface area contributed by atoms with Crippen molar-refractivity contribution >= 4 is 15.5 Å². The molecular formula is C14H11F2N3O2S. The molecule has 0 radical (unpaired) electrons. The third kappa shape index (κ3) is 2.83. The van der Waals surface area contributed by atoms with Crippen LogP contribution in [0.25, 0.3) is 5.52 Å². The lowest BCUT2D eigenvalue weighted by molar-refractivity contribution is 0.561. The van der Waals surface area contributed by atoms with Gasteiger partial charge in [-0.1, -0.05) is 6.07 Å². The summed E-state index contributed by atoms with van der Waals surface area (Å²) >= 11 is 0. The lowest BCUT2D eigenvalue weighted by Crippen LogP contribution is -2.23. The first kappa shape index (κ1) is 14.6. The van der Waals surface area contributed by atoms with Crippen LogP contribution in [0.2, 0.25) is 0 Å². The molecule has 0 fully saturated rings. The molecule has 0 spiro atoms. The molecule has 0 aliphatic carbocycles. The van der Waals surface area contributed by atoms with Crippen molar-refractivity contribution in [3.8, 4) is 0 Å². The van der Waals surface area contributed by atoms with Gasteiger partial charge in [0.2, 0.25) is 10.0 Å². The van der Waals surface area contributed by atoms with Crippen molar-refractivity contribution in [1.82, 2.24) is 14.3 Å². The highest BCUT2D eigenvalue weighted by molar-refractivity contribution is 7.89. The standard InChI is InChI=1S/C14H11F2N3O2S/c15-11-5-12(16)7-13(6-11)22(20,21)18-9-10-8-17-19-4-2-1-3-14(10)19/h1-8,18H,9H2. The fraction of sp³-hybridized carbons (Fsp3) is 0.0714. The highest BCUT2D eigenvalue weighted by Crippen LogP contribution is 2.15. The molecule has 0 atom stereocenters. The van der Waals surface area contributed by atoms with Gasteiger partial charge in [0, 0.05) is 24.4 Å². The van der Waals surface area contributed by atoms with Gasteiger partial charge in [-0.05, 0) is 24.3 Å².